The highest BCUT2D eigenvalue weighted by molar-refractivity contribution is 6.36. The molecule has 0 aromatic heterocycles. The van der Waals surface area contributed by atoms with Gasteiger partial charge in [0.1, 0.15) is 0 Å². The van der Waals surface area contributed by atoms with Crippen molar-refractivity contribution in [2.45, 2.75) is 12.8 Å². The fourth-order valence-corrected chi connectivity index (χ4v) is 4.42. The Balaban J connectivity index is 1.61. The molecule has 4 heteroatoms. The van der Waals surface area contributed by atoms with E-state index < -0.39 is 0 Å². The van der Waals surface area contributed by atoms with Gasteiger partial charge in [-0.2, -0.15) is 0 Å². The molecule has 0 radical (unpaired) electrons. The molecule has 1 aliphatic carbocycles. The van der Waals surface area contributed by atoms with Gasteiger partial charge in [-0.05, 0) is 47.6 Å². The van der Waals surface area contributed by atoms with E-state index in [2.05, 4.69) is 36.4 Å². The molecule has 0 aliphatic heterocycles. The molecule has 4 aromatic rings. The lowest BCUT2D eigenvalue weighted by Crippen LogP contribution is -2.33. The normalized spacial score (nSPS) is 13.4. The van der Waals surface area contributed by atoms with Gasteiger partial charge >= 0.3 is 0 Å². The Morgan fingerprint density at radius 2 is 1.57 bits per heavy atom. The molecule has 0 atom stereocenters. The zero-order valence-corrected chi connectivity index (χ0v) is 16.4. The van der Waals surface area contributed by atoms with Crippen LogP contribution in [0.25, 0.3) is 21.5 Å². The van der Waals surface area contributed by atoms with E-state index in [0.29, 0.717) is 5.96 Å². The van der Waals surface area contributed by atoms with E-state index in [4.69, 9.17) is 22.3 Å². The fourth-order valence-electron chi connectivity index (χ4n) is 4.19. The van der Waals surface area contributed by atoms with Crippen molar-refractivity contribution in [2.75, 3.05) is 11.9 Å². The number of aryl methyl sites for hydroxylation is 2. The van der Waals surface area contributed by atoms with Crippen LogP contribution in [0.1, 0.15) is 11.1 Å². The number of nitrogens with two attached hydrogens (primary N) is 1. The first-order valence-corrected chi connectivity index (χ1v) is 9.80. The Kier molecular flexibility index (Phi) is 3.99. The summed E-state index contributed by atoms with van der Waals surface area (Å²) in [4.78, 5) is 6.71. The summed E-state index contributed by atoms with van der Waals surface area (Å²) in [7, 11) is 1.94. The van der Waals surface area contributed by atoms with Gasteiger partial charge in [0.2, 0.25) is 5.96 Å². The zero-order chi connectivity index (χ0) is 19.3. The highest BCUT2D eigenvalue weighted by Gasteiger charge is 2.17. The topological polar surface area (TPSA) is 41.6 Å². The van der Waals surface area contributed by atoms with Gasteiger partial charge in [-0.3, -0.25) is 0 Å². The largest absolute Gasteiger partial charge is 0.369 e. The van der Waals surface area contributed by atoms with E-state index in [9.17, 15) is 0 Å². The van der Waals surface area contributed by atoms with Crippen molar-refractivity contribution in [2.24, 2.45) is 10.7 Å². The number of rotatable bonds is 2. The molecule has 0 heterocycles. The molecule has 138 valence electrons. The minimum atomic E-state index is 0.450. The molecule has 0 saturated heterocycles. The van der Waals surface area contributed by atoms with Crippen molar-refractivity contribution < 1.29 is 0 Å². The predicted molar refractivity (Wildman–Crippen MR) is 120 cm³/mol. The van der Waals surface area contributed by atoms with E-state index in [0.717, 1.165) is 40.0 Å². The number of nitrogens with zero attached hydrogens (tertiary/aromatic N) is 2. The molecular weight excluding hydrogens is 366 g/mol. The van der Waals surface area contributed by atoms with Gasteiger partial charge < -0.3 is 10.6 Å². The number of hydrogen-bond acceptors (Lipinski definition) is 1. The molecule has 28 heavy (non-hydrogen) atoms. The standard InChI is InChI=1S/C24H20ClN3/c1-28(22-14-12-20(25)17-6-2-3-7-18(17)22)24(26)27-21-13-11-16-10-9-15-5-4-8-19(21)23(15)16/h2-8,11-14H,9-10H2,1H3,(H2,26,27). The maximum atomic E-state index is 6.44. The summed E-state index contributed by atoms with van der Waals surface area (Å²) in [5.41, 5.74) is 11.1. The van der Waals surface area contributed by atoms with E-state index in [1.807, 2.05) is 42.3 Å². The van der Waals surface area contributed by atoms with Crippen LogP contribution in [-0.2, 0) is 12.8 Å². The Morgan fingerprint density at radius 1 is 0.857 bits per heavy atom. The second-order valence-electron chi connectivity index (χ2n) is 7.22. The first-order chi connectivity index (χ1) is 13.6. The lowest BCUT2D eigenvalue weighted by Gasteiger charge is -2.21. The van der Waals surface area contributed by atoms with Crippen LogP contribution in [0, 0.1) is 0 Å². The summed E-state index contributed by atoms with van der Waals surface area (Å²) < 4.78 is 0. The number of aliphatic imine (C=N–C) groups is 1. The van der Waals surface area contributed by atoms with Crippen molar-refractivity contribution in [1.29, 1.82) is 0 Å². The second-order valence-corrected chi connectivity index (χ2v) is 7.63. The quantitative estimate of drug-likeness (QED) is 0.348. The van der Waals surface area contributed by atoms with Gasteiger partial charge in [0.05, 0.1) is 11.4 Å². The van der Waals surface area contributed by atoms with Crippen LogP contribution in [0.5, 0.6) is 0 Å². The van der Waals surface area contributed by atoms with E-state index >= 15 is 0 Å². The third kappa shape index (κ3) is 2.62. The van der Waals surface area contributed by atoms with Gasteiger partial charge in [0.15, 0.2) is 0 Å². The minimum Gasteiger partial charge on any atom is -0.369 e. The second kappa shape index (κ2) is 6.54. The van der Waals surface area contributed by atoms with Crippen molar-refractivity contribution in [3.8, 4) is 0 Å². The van der Waals surface area contributed by atoms with Crippen LogP contribution in [0.3, 0.4) is 0 Å². The third-order valence-electron chi connectivity index (χ3n) is 5.64. The highest BCUT2D eigenvalue weighted by atomic mass is 35.5. The number of halogens is 1. The molecule has 2 N–H and O–H groups in total. The Hall–Kier alpha value is -3.04. The van der Waals surface area contributed by atoms with Crippen molar-refractivity contribution >= 4 is 50.5 Å². The smallest absolute Gasteiger partial charge is 0.200 e. The zero-order valence-electron chi connectivity index (χ0n) is 15.6. The highest BCUT2D eigenvalue weighted by Crippen LogP contribution is 2.37. The summed E-state index contributed by atoms with van der Waals surface area (Å²) >= 11 is 6.36. The average Bonchev–Trinajstić information content (AvgIpc) is 3.15. The van der Waals surface area contributed by atoms with Crippen LogP contribution in [0.15, 0.2) is 71.7 Å². The molecule has 0 amide bonds. The number of anilines is 1. The van der Waals surface area contributed by atoms with Crippen LogP contribution < -0.4 is 10.6 Å². The van der Waals surface area contributed by atoms with E-state index in [1.54, 1.807) is 0 Å². The summed E-state index contributed by atoms with van der Waals surface area (Å²) in [6.07, 6.45) is 2.21. The van der Waals surface area contributed by atoms with E-state index in [-0.39, 0.29) is 0 Å². The summed E-state index contributed by atoms with van der Waals surface area (Å²) in [5.74, 6) is 0.450. The lowest BCUT2D eigenvalue weighted by molar-refractivity contribution is 1.02. The van der Waals surface area contributed by atoms with Gasteiger partial charge in [0, 0.05) is 28.2 Å². The fraction of sp³-hybridized carbons (Fsp3) is 0.125. The first kappa shape index (κ1) is 17.1. The lowest BCUT2D eigenvalue weighted by atomic mass is 10.0. The van der Waals surface area contributed by atoms with Gasteiger partial charge in [-0.1, -0.05) is 60.1 Å². The van der Waals surface area contributed by atoms with Gasteiger partial charge in [-0.25, -0.2) is 4.99 Å². The molecule has 1 aliphatic rings. The monoisotopic (exact) mass is 385 g/mol. The van der Waals surface area contributed by atoms with Crippen LogP contribution in [0.4, 0.5) is 11.4 Å². The van der Waals surface area contributed by atoms with Crippen molar-refractivity contribution in [3.63, 3.8) is 0 Å². The third-order valence-corrected chi connectivity index (χ3v) is 5.97. The maximum Gasteiger partial charge on any atom is 0.200 e. The van der Waals surface area contributed by atoms with Crippen LogP contribution in [-0.4, -0.2) is 13.0 Å². The first-order valence-electron chi connectivity index (χ1n) is 9.42. The molecule has 0 spiro atoms. The molecule has 0 saturated carbocycles. The van der Waals surface area contributed by atoms with E-state index in [1.165, 1.54) is 21.9 Å². The van der Waals surface area contributed by atoms with Gasteiger partial charge in [0.25, 0.3) is 0 Å². The molecule has 5 rings (SSSR count). The number of fused-ring (bicyclic) bond motifs is 1. The molecular formula is C24H20ClN3. The number of benzene rings is 4. The summed E-state index contributed by atoms with van der Waals surface area (Å²) in [6, 6.07) is 22.7. The molecule has 3 nitrogen and oxygen atoms in total. The van der Waals surface area contributed by atoms with Crippen molar-refractivity contribution in [3.05, 3.63) is 82.9 Å². The number of hydrogen-bond donors (Lipinski definition) is 1. The summed E-state index contributed by atoms with van der Waals surface area (Å²) in [5, 5.41) is 5.31. The Morgan fingerprint density at radius 3 is 2.39 bits per heavy atom. The molecule has 4 aromatic carbocycles. The molecule has 0 unspecified atom stereocenters. The average molecular weight is 386 g/mol. The summed E-state index contributed by atoms with van der Waals surface area (Å²) in [6.45, 7) is 0. The Labute approximate surface area is 169 Å². The predicted octanol–water partition coefficient (Wildman–Crippen LogP) is 5.83. The number of guanidine groups is 1. The van der Waals surface area contributed by atoms with Crippen LogP contribution >= 0.6 is 11.6 Å². The SMILES string of the molecule is CN(C(N)=Nc1ccc2c3c(cccc13)CC2)c1ccc(Cl)c2ccccc12. The van der Waals surface area contributed by atoms with Crippen LogP contribution in [0.2, 0.25) is 5.02 Å². The Bertz CT molecular complexity index is 1250. The minimum absolute atomic E-state index is 0.450. The molecule has 0 fully saturated rings. The molecule has 0 bridgehead atoms. The van der Waals surface area contributed by atoms with Crippen molar-refractivity contribution in [1.82, 2.24) is 0 Å². The van der Waals surface area contributed by atoms with Gasteiger partial charge in [-0.15, -0.1) is 0 Å². The maximum absolute atomic E-state index is 6.44.